The Balaban J connectivity index is 2.41. The maximum Gasteiger partial charge on any atom is 0.188 e. The first-order valence-corrected chi connectivity index (χ1v) is 4.85. The largest absolute Gasteiger partial charge is 0.373 e. The smallest absolute Gasteiger partial charge is 0.188 e. The van der Waals surface area contributed by atoms with Crippen molar-refractivity contribution in [1.29, 1.82) is 0 Å². The van der Waals surface area contributed by atoms with E-state index in [1.807, 2.05) is 6.92 Å². The summed E-state index contributed by atoms with van der Waals surface area (Å²) in [7, 11) is 0. The number of guanidine groups is 1. The average molecular weight is 185 g/mol. The third-order valence-corrected chi connectivity index (χ3v) is 2.26. The first-order valence-electron chi connectivity index (χ1n) is 4.85. The van der Waals surface area contributed by atoms with E-state index >= 15 is 0 Å². The number of aliphatic imine (C=N–C) groups is 1. The van der Waals surface area contributed by atoms with Gasteiger partial charge in [-0.05, 0) is 27.2 Å². The molecule has 76 valence electrons. The summed E-state index contributed by atoms with van der Waals surface area (Å²) in [6, 6.07) is 0.310. The van der Waals surface area contributed by atoms with E-state index in [2.05, 4.69) is 24.2 Å². The van der Waals surface area contributed by atoms with Gasteiger partial charge in [-0.2, -0.15) is 0 Å². The lowest BCUT2D eigenvalue weighted by Crippen LogP contribution is -2.43. The molecule has 1 rings (SSSR count). The van der Waals surface area contributed by atoms with Gasteiger partial charge in [0.15, 0.2) is 5.96 Å². The van der Waals surface area contributed by atoms with Gasteiger partial charge >= 0.3 is 0 Å². The average Bonchev–Trinajstić information content (AvgIpc) is 2.30. The highest BCUT2D eigenvalue weighted by Crippen LogP contribution is 2.19. The van der Waals surface area contributed by atoms with Crippen LogP contribution in [-0.4, -0.2) is 30.8 Å². The number of hydrogen-bond acceptors (Lipinski definition) is 2. The van der Waals surface area contributed by atoms with Gasteiger partial charge in [-0.1, -0.05) is 0 Å². The lowest BCUT2D eigenvalue weighted by atomic mass is 10.1. The van der Waals surface area contributed by atoms with Crippen LogP contribution in [0.4, 0.5) is 0 Å². The molecule has 3 N–H and O–H groups in total. The number of hydrogen-bond donors (Lipinski definition) is 2. The molecule has 1 heterocycles. The Morgan fingerprint density at radius 1 is 1.62 bits per heavy atom. The molecule has 0 aliphatic carbocycles. The highest BCUT2D eigenvalue weighted by molar-refractivity contribution is 5.78. The highest BCUT2D eigenvalue weighted by Gasteiger charge is 2.29. The molecular formula is C9H19N3O. The first kappa shape index (κ1) is 10.3. The predicted octanol–water partition coefficient (Wildman–Crippen LogP) is 0.476. The normalized spacial score (nSPS) is 35.0. The van der Waals surface area contributed by atoms with Crippen molar-refractivity contribution in [1.82, 2.24) is 5.32 Å². The second-order valence-corrected chi connectivity index (χ2v) is 3.50. The zero-order valence-corrected chi connectivity index (χ0v) is 8.58. The summed E-state index contributed by atoms with van der Waals surface area (Å²) in [6.45, 7) is 6.81. The van der Waals surface area contributed by atoms with E-state index < -0.39 is 0 Å². The van der Waals surface area contributed by atoms with E-state index in [1.54, 1.807) is 0 Å². The molecule has 0 spiro atoms. The van der Waals surface area contributed by atoms with Crippen molar-refractivity contribution >= 4 is 5.96 Å². The molecule has 13 heavy (non-hydrogen) atoms. The van der Waals surface area contributed by atoms with Gasteiger partial charge in [-0.25, -0.2) is 0 Å². The minimum atomic E-state index is 0.223. The fraction of sp³-hybridized carbons (Fsp3) is 0.889. The van der Waals surface area contributed by atoms with Crippen LogP contribution in [0.25, 0.3) is 0 Å². The SMILES string of the molecule is CCN=C(N)NC1CC(C)OC1C. The molecule has 0 aromatic heterocycles. The Bertz CT molecular complexity index is 193. The van der Waals surface area contributed by atoms with Crippen LogP contribution >= 0.6 is 0 Å². The molecule has 1 aliphatic heterocycles. The zero-order chi connectivity index (χ0) is 9.84. The molecule has 0 radical (unpaired) electrons. The van der Waals surface area contributed by atoms with Gasteiger partial charge in [0.2, 0.25) is 0 Å². The van der Waals surface area contributed by atoms with Crippen LogP contribution < -0.4 is 11.1 Å². The lowest BCUT2D eigenvalue weighted by Gasteiger charge is -2.15. The summed E-state index contributed by atoms with van der Waals surface area (Å²) in [4.78, 5) is 4.08. The van der Waals surface area contributed by atoms with Crippen molar-refractivity contribution in [2.24, 2.45) is 10.7 Å². The summed E-state index contributed by atoms with van der Waals surface area (Å²) in [5, 5.41) is 3.16. The van der Waals surface area contributed by atoms with Gasteiger partial charge in [-0.15, -0.1) is 0 Å². The Morgan fingerprint density at radius 3 is 2.77 bits per heavy atom. The van der Waals surface area contributed by atoms with Gasteiger partial charge in [0, 0.05) is 6.54 Å². The molecule has 1 aliphatic rings. The summed E-state index contributed by atoms with van der Waals surface area (Å²) in [5.74, 6) is 0.525. The minimum Gasteiger partial charge on any atom is -0.373 e. The molecule has 0 saturated carbocycles. The summed E-state index contributed by atoms with van der Waals surface area (Å²) in [6.07, 6.45) is 1.55. The number of nitrogens with zero attached hydrogens (tertiary/aromatic N) is 1. The summed E-state index contributed by atoms with van der Waals surface area (Å²) in [5.41, 5.74) is 5.66. The van der Waals surface area contributed by atoms with E-state index in [-0.39, 0.29) is 6.10 Å². The minimum absolute atomic E-state index is 0.223. The van der Waals surface area contributed by atoms with E-state index in [1.165, 1.54) is 0 Å². The summed E-state index contributed by atoms with van der Waals surface area (Å²) >= 11 is 0. The fourth-order valence-electron chi connectivity index (χ4n) is 1.65. The second-order valence-electron chi connectivity index (χ2n) is 3.50. The lowest BCUT2D eigenvalue weighted by molar-refractivity contribution is 0.0621. The van der Waals surface area contributed by atoms with Crippen molar-refractivity contribution in [2.45, 2.75) is 45.4 Å². The quantitative estimate of drug-likeness (QED) is 0.486. The van der Waals surface area contributed by atoms with Gasteiger partial charge in [0.05, 0.1) is 18.2 Å². The van der Waals surface area contributed by atoms with Crippen LogP contribution in [0, 0.1) is 0 Å². The maximum absolute atomic E-state index is 5.66. The van der Waals surface area contributed by atoms with E-state index in [4.69, 9.17) is 10.5 Å². The monoisotopic (exact) mass is 185 g/mol. The van der Waals surface area contributed by atoms with E-state index in [0.29, 0.717) is 18.1 Å². The first-order chi connectivity index (χ1) is 6.13. The van der Waals surface area contributed by atoms with Crippen LogP contribution in [0.3, 0.4) is 0 Å². The molecule has 0 aromatic carbocycles. The van der Waals surface area contributed by atoms with Crippen LogP contribution in [0.15, 0.2) is 4.99 Å². The van der Waals surface area contributed by atoms with Crippen molar-refractivity contribution in [3.63, 3.8) is 0 Å². The third-order valence-electron chi connectivity index (χ3n) is 2.26. The third kappa shape index (κ3) is 2.88. The highest BCUT2D eigenvalue weighted by atomic mass is 16.5. The Morgan fingerprint density at radius 2 is 2.31 bits per heavy atom. The Labute approximate surface area is 79.6 Å². The predicted molar refractivity (Wildman–Crippen MR) is 53.7 cm³/mol. The maximum atomic E-state index is 5.66. The molecule has 3 unspecified atom stereocenters. The van der Waals surface area contributed by atoms with E-state index in [0.717, 1.165) is 13.0 Å². The molecule has 1 saturated heterocycles. The van der Waals surface area contributed by atoms with Crippen LogP contribution in [0.5, 0.6) is 0 Å². The molecule has 3 atom stereocenters. The molecule has 0 aromatic rings. The number of nitrogens with two attached hydrogens (primary N) is 1. The van der Waals surface area contributed by atoms with Crippen LogP contribution in [0.1, 0.15) is 27.2 Å². The molecule has 0 bridgehead atoms. The molecule has 4 nitrogen and oxygen atoms in total. The topological polar surface area (TPSA) is 59.6 Å². The van der Waals surface area contributed by atoms with Gasteiger partial charge in [-0.3, -0.25) is 4.99 Å². The number of rotatable bonds is 2. The fourth-order valence-corrected chi connectivity index (χ4v) is 1.65. The van der Waals surface area contributed by atoms with Crippen molar-refractivity contribution in [3.8, 4) is 0 Å². The zero-order valence-electron chi connectivity index (χ0n) is 8.58. The molecule has 4 heteroatoms. The standard InChI is InChI=1S/C9H19N3O/c1-4-11-9(10)12-8-5-6(2)13-7(8)3/h6-8H,4-5H2,1-3H3,(H3,10,11,12). The van der Waals surface area contributed by atoms with Gasteiger partial charge in [0.25, 0.3) is 0 Å². The Hall–Kier alpha value is -0.770. The molecule has 1 fully saturated rings. The number of nitrogens with one attached hydrogen (secondary N) is 1. The van der Waals surface area contributed by atoms with Crippen LogP contribution in [0.2, 0.25) is 0 Å². The second kappa shape index (κ2) is 4.46. The molecular weight excluding hydrogens is 166 g/mol. The van der Waals surface area contributed by atoms with Crippen LogP contribution in [-0.2, 0) is 4.74 Å². The van der Waals surface area contributed by atoms with E-state index in [9.17, 15) is 0 Å². The van der Waals surface area contributed by atoms with Crippen molar-refractivity contribution in [2.75, 3.05) is 6.54 Å². The number of ether oxygens (including phenoxy) is 1. The van der Waals surface area contributed by atoms with Gasteiger partial charge < -0.3 is 15.8 Å². The molecule has 0 amide bonds. The van der Waals surface area contributed by atoms with Crippen molar-refractivity contribution < 1.29 is 4.74 Å². The Kier molecular flexibility index (Phi) is 3.54. The summed E-state index contributed by atoms with van der Waals surface area (Å²) < 4.78 is 5.58. The van der Waals surface area contributed by atoms with Gasteiger partial charge in [0.1, 0.15) is 0 Å². The van der Waals surface area contributed by atoms with Crippen molar-refractivity contribution in [3.05, 3.63) is 0 Å².